The number of aryl methyl sites for hydroxylation is 1. The summed E-state index contributed by atoms with van der Waals surface area (Å²) in [6.07, 6.45) is 0.586. The lowest BCUT2D eigenvalue weighted by Crippen LogP contribution is -2.24. The van der Waals surface area contributed by atoms with E-state index in [1.807, 2.05) is 42.5 Å². The smallest absolute Gasteiger partial charge is 0.272 e. The molecule has 9 heteroatoms. The molecule has 160 valence electrons. The molecule has 0 radical (unpaired) electrons. The minimum atomic E-state index is -0.457. The fraction of sp³-hybridized carbons (Fsp3) is 0.227. The number of ether oxygens (including phenoxy) is 2. The second kappa shape index (κ2) is 8.99. The van der Waals surface area contributed by atoms with Gasteiger partial charge in [0.25, 0.3) is 5.56 Å². The molecule has 1 amide bonds. The SMILES string of the molecule is COc1ccc(CCn2c(SCC(N)=O)nc3c(sc4ccccc43)c2=O)cc1OC. The molecule has 2 aromatic carbocycles. The Bertz CT molecular complexity index is 1330. The molecule has 31 heavy (non-hydrogen) atoms. The molecule has 0 fully saturated rings. The van der Waals surface area contributed by atoms with Gasteiger partial charge in [0.15, 0.2) is 16.7 Å². The minimum Gasteiger partial charge on any atom is -0.493 e. The van der Waals surface area contributed by atoms with Crippen LogP contribution < -0.4 is 20.8 Å². The maximum Gasteiger partial charge on any atom is 0.272 e. The molecule has 2 aromatic heterocycles. The Morgan fingerprint density at radius 3 is 2.68 bits per heavy atom. The zero-order valence-corrected chi connectivity index (χ0v) is 18.7. The van der Waals surface area contributed by atoms with Crippen LogP contribution in [-0.4, -0.2) is 35.4 Å². The Balaban J connectivity index is 1.75. The summed E-state index contributed by atoms with van der Waals surface area (Å²) in [6, 6.07) is 13.5. The Kier molecular flexibility index (Phi) is 6.15. The molecule has 0 saturated carbocycles. The molecule has 2 heterocycles. The van der Waals surface area contributed by atoms with Crippen molar-refractivity contribution in [1.29, 1.82) is 0 Å². The third kappa shape index (κ3) is 4.24. The van der Waals surface area contributed by atoms with Gasteiger partial charge in [-0.2, -0.15) is 0 Å². The van der Waals surface area contributed by atoms with E-state index in [2.05, 4.69) is 0 Å². The Hall–Kier alpha value is -3.04. The zero-order valence-electron chi connectivity index (χ0n) is 17.1. The summed E-state index contributed by atoms with van der Waals surface area (Å²) in [5.41, 5.74) is 6.88. The summed E-state index contributed by atoms with van der Waals surface area (Å²) >= 11 is 2.62. The standard InChI is InChI=1S/C22H21N3O4S2/c1-28-15-8-7-13(11-16(15)29-2)9-10-25-21(27)20-19(24-22(25)30-12-18(23)26)14-5-3-4-6-17(14)31-20/h3-8,11H,9-10,12H2,1-2H3,(H2,23,26). The van der Waals surface area contributed by atoms with E-state index in [-0.39, 0.29) is 11.3 Å². The topological polar surface area (TPSA) is 96.4 Å². The molecule has 0 bridgehead atoms. The molecule has 7 nitrogen and oxygen atoms in total. The first-order valence-corrected chi connectivity index (χ1v) is 11.4. The largest absolute Gasteiger partial charge is 0.493 e. The highest BCUT2D eigenvalue weighted by Gasteiger charge is 2.17. The number of aromatic nitrogens is 2. The Morgan fingerprint density at radius 1 is 1.16 bits per heavy atom. The van der Waals surface area contributed by atoms with Gasteiger partial charge in [0.05, 0.1) is 25.5 Å². The van der Waals surface area contributed by atoms with E-state index in [1.54, 1.807) is 18.8 Å². The van der Waals surface area contributed by atoms with Crippen LogP contribution in [0.15, 0.2) is 52.4 Å². The fourth-order valence-corrected chi connectivity index (χ4v) is 5.22. The summed E-state index contributed by atoms with van der Waals surface area (Å²) in [5, 5.41) is 1.42. The van der Waals surface area contributed by atoms with Crippen molar-refractivity contribution in [3.63, 3.8) is 0 Å². The van der Waals surface area contributed by atoms with Gasteiger partial charge >= 0.3 is 0 Å². The molecular formula is C22H21N3O4S2. The van der Waals surface area contributed by atoms with Crippen LogP contribution in [0.2, 0.25) is 0 Å². The number of nitrogens with two attached hydrogens (primary N) is 1. The number of carbonyl (C=O) groups excluding carboxylic acids is 1. The van der Waals surface area contributed by atoms with E-state index in [0.29, 0.717) is 39.8 Å². The number of rotatable bonds is 8. The normalized spacial score (nSPS) is 11.2. The van der Waals surface area contributed by atoms with Crippen molar-refractivity contribution in [2.24, 2.45) is 5.73 Å². The number of nitrogens with zero attached hydrogens (tertiary/aromatic N) is 2. The van der Waals surface area contributed by atoms with Crippen LogP contribution >= 0.6 is 23.1 Å². The number of amides is 1. The average Bonchev–Trinajstić information content (AvgIpc) is 3.16. The van der Waals surface area contributed by atoms with Crippen molar-refractivity contribution in [1.82, 2.24) is 9.55 Å². The molecule has 0 aliphatic rings. The summed E-state index contributed by atoms with van der Waals surface area (Å²) < 4.78 is 13.9. The lowest BCUT2D eigenvalue weighted by Gasteiger charge is -2.13. The van der Waals surface area contributed by atoms with Gasteiger partial charge in [-0.3, -0.25) is 14.2 Å². The molecule has 0 atom stereocenters. The van der Waals surface area contributed by atoms with Crippen LogP contribution in [0.3, 0.4) is 0 Å². The van der Waals surface area contributed by atoms with Gasteiger partial charge in [-0.15, -0.1) is 11.3 Å². The van der Waals surface area contributed by atoms with E-state index >= 15 is 0 Å². The number of benzene rings is 2. The third-order valence-electron chi connectivity index (χ3n) is 4.86. The second-order valence-corrected chi connectivity index (χ2v) is 8.82. The second-order valence-electron chi connectivity index (χ2n) is 6.82. The van der Waals surface area contributed by atoms with E-state index in [0.717, 1.165) is 15.6 Å². The van der Waals surface area contributed by atoms with Crippen LogP contribution in [0, 0.1) is 0 Å². The summed E-state index contributed by atoms with van der Waals surface area (Å²) in [6.45, 7) is 0.409. The van der Waals surface area contributed by atoms with Gasteiger partial charge in [-0.25, -0.2) is 4.98 Å². The van der Waals surface area contributed by atoms with Crippen LogP contribution in [0.5, 0.6) is 11.5 Å². The fourth-order valence-electron chi connectivity index (χ4n) is 3.37. The number of primary amides is 1. The molecular weight excluding hydrogens is 434 g/mol. The van der Waals surface area contributed by atoms with E-state index in [4.69, 9.17) is 20.2 Å². The van der Waals surface area contributed by atoms with E-state index in [9.17, 15) is 9.59 Å². The maximum atomic E-state index is 13.4. The summed E-state index contributed by atoms with van der Waals surface area (Å²) in [4.78, 5) is 29.5. The van der Waals surface area contributed by atoms with E-state index in [1.165, 1.54) is 23.1 Å². The average molecular weight is 456 g/mol. The van der Waals surface area contributed by atoms with Crippen LogP contribution in [0.25, 0.3) is 20.3 Å². The lowest BCUT2D eigenvalue weighted by molar-refractivity contribution is -0.115. The lowest BCUT2D eigenvalue weighted by atomic mass is 10.1. The highest BCUT2D eigenvalue weighted by atomic mass is 32.2. The first kappa shape index (κ1) is 21.2. The minimum absolute atomic E-state index is 0.0520. The summed E-state index contributed by atoms with van der Waals surface area (Å²) in [5.74, 6) is 0.875. The molecule has 0 aliphatic carbocycles. The number of hydrogen-bond donors (Lipinski definition) is 1. The Labute approximate surface area is 186 Å². The molecule has 0 aliphatic heterocycles. The summed E-state index contributed by atoms with van der Waals surface area (Å²) in [7, 11) is 3.18. The highest BCUT2D eigenvalue weighted by molar-refractivity contribution is 7.99. The predicted molar refractivity (Wildman–Crippen MR) is 125 cm³/mol. The monoisotopic (exact) mass is 455 g/mol. The van der Waals surface area contributed by atoms with Crippen molar-refractivity contribution in [2.45, 2.75) is 18.1 Å². The first-order valence-electron chi connectivity index (χ1n) is 9.56. The molecule has 0 saturated heterocycles. The number of hydrogen-bond acceptors (Lipinski definition) is 7. The number of thiophene rings is 1. The molecule has 4 aromatic rings. The predicted octanol–water partition coefficient (Wildman–Crippen LogP) is 3.45. The van der Waals surface area contributed by atoms with E-state index < -0.39 is 5.91 Å². The van der Waals surface area contributed by atoms with Crippen molar-refractivity contribution >= 4 is 49.3 Å². The number of fused-ring (bicyclic) bond motifs is 3. The number of methoxy groups -OCH3 is 2. The molecule has 0 unspecified atom stereocenters. The van der Waals surface area contributed by atoms with Crippen molar-refractivity contribution in [3.8, 4) is 11.5 Å². The van der Waals surface area contributed by atoms with Crippen molar-refractivity contribution in [2.75, 3.05) is 20.0 Å². The number of thioether (sulfide) groups is 1. The van der Waals surface area contributed by atoms with Gasteiger partial charge < -0.3 is 15.2 Å². The third-order valence-corrected chi connectivity index (χ3v) is 7.01. The number of carbonyl (C=O) groups is 1. The van der Waals surface area contributed by atoms with Gasteiger partial charge in [0, 0.05) is 16.6 Å². The van der Waals surface area contributed by atoms with Gasteiger partial charge in [-0.1, -0.05) is 36.0 Å². The highest BCUT2D eigenvalue weighted by Crippen LogP contribution is 2.32. The van der Waals surface area contributed by atoms with Crippen molar-refractivity contribution in [3.05, 3.63) is 58.4 Å². The molecule has 2 N–H and O–H groups in total. The van der Waals surface area contributed by atoms with Crippen molar-refractivity contribution < 1.29 is 14.3 Å². The van der Waals surface area contributed by atoms with Crippen LogP contribution in [0.4, 0.5) is 0 Å². The van der Waals surface area contributed by atoms with Crippen LogP contribution in [0.1, 0.15) is 5.56 Å². The van der Waals surface area contributed by atoms with Gasteiger partial charge in [0.1, 0.15) is 4.70 Å². The van der Waals surface area contributed by atoms with Gasteiger partial charge in [-0.05, 0) is 30.2 Å². The zero-order chi connectivity index (χ0) is 22.0. The Morgan fingerprint density at radius 2 is 1.94 bits per heavy atom. The first-order chi connectivity index (χ1) is 15.0. The maximum absolute atomic E-state index is 13.4. The van der Waals surface area contributed by atoms with Gasteiger partial charge in [0.2, 0.25) is 5.91 Å². The quantitative estimate of drug-likeness (QED) is 0.323. The molecule has 0 spiro atoms. The molecule has 4 rings (SSSR count). The van der Waals surface area contributed by atoms with Crippen LogP contribution in [-0.2, 0) is 17.8 Å².